The number of esters is 1. The lowest BCUT2D eigenvalue weighted by atomic mass is 10.0. The summed E-state index contributed by atoms with van der Waals surface area (Å²) in [5.41, 5.74) is 1.78. The molecule has 3 atom stereocenters. The maximum atomic E-state index is 12.8. The molecule has 2 aromatic rings. The molecule has 1 aromatic heterocycles. The number of aromatic nitrogens is 2. The summed E-state index contributed by atoms with van der Waals surface area (Å²) in [6.07, 6.45) is 11.8. The summed E-state index contributed by atoms with van der Waals surface area (Å²) >= 11 is 6.23. The van der Waals surface area contributed by atoms with Crippen molar-refractivity contribution in [3.05, 3.63) is 65.0 Å². The maximum absolute atomic E-state index is 12.8. The lowest BCUT2D eigenvalue weighted by Gasteiger charge is -2.40. The highest BCUT2D eigenvalue weighted by Crippen LogP contribution is 2.38. The van der Waals surface area contributed by atoms with Crippen LogP contribution in [0.1, 0.15) is 45.2 Å². The molecule has 0 bridgehead atoms. The van der Waals surface area contributed by atoms with E-state index >= 15 is 0 Å². The van der Waals surface area contributed by atoms with Crippen LogP contribution in [-0.2, 0) is 32.2 Å². The van der Waals surface area contributed by atoms with Gasteiger partial charge in [0, 0.05) is 25.2 Å². The number of nitrogens with one attached hydrogen (secondary N) is 1. The Labute approximate surface area is 244 Å². The third kappa shape index (κ3) is 9.94. The molecule has 0 unspecified atom stereocenters. The number of hydrogen-bond donors (Lipinski definition) is 1. The van der Waals surface area contributed by atoms with Crippen LogP contribution in [0, 0.1) is 5.92 Å². The fourth-order valence-electron chi connectivity index (χ4n) is 3.78. The van der Waals surface area contributed by atoms with Gasteiger partial charge in [0.2, 0.25) is 5.91 Å². The monoisotopic (exact) mass is 589 g/mol. The Morgan fingerprint density at radius 3 is 2.48 bits per heavy atom. The average molecular weight is 590 g/mol. The number of amides is 1. The van der Waals surface area contributed by atoms with Gasteiger partial charge in [-0.05, 0) is 54.2 Å². The minimum absolute atomic E-state index is 0.0389. The molecular weight excluding hydrogens is 546 g/mol. The second-order valence-electron chi connectivity index (χ2n) is 11.5. The highest BCUT2D eigenvalue weighted by Gasteiger charge is 2.39. The van der Waals surface area contributed by atoms with E-state index in [-0.39, 0.29) is 29.4 Å². The molecule has 1 aromatic carbocycles. The topological polar surface area (TPSA) is 91.7 Å². The van der Waals surface area contributed by atoms with Crippen LogP contribution in [0.15, 0.2) is 48.8 Å². The van der Waals surface area contributed by atoms with Crippen LogP contribution in [0.3, 0.4) is 0 Å². The zero-order chi connectivity index (χ0) is 30.1. The van der Waals surface area contributed by atoms with Crippen LogP contribution in [0.5, 0.6) is 5.75 Å². The van der Waals surface area contributed by atoms with Crippen molar-refractivity contribution < 1.29 is 23.5 Å². The molecule has 0 radical (unpaired) electrons. The zero-order valence-electron chi connectivity index (χ0n) is 25.2. The quantitative estimate of drug-likeness (QED) is 0.176. The molecule has 0 aliphatic carbocycles. The van der Waals surface area contributed by atoms with E-state index in [1.54, 1.807) is 29.0 Å². The van der Waals surface area contributed by atoms with Gasteiger partial charge in [-0.2, -0.15) is 5.10 Å². The fraction of sp³-hybridized carbons (Fsp3) is 0.500. The Balaban J connectivity index is 2.14. The average Bonchev–Trinajstić information content (AvgIpc) is 3.30. The van der Waals surface area contributed by atoms with E-state index in [1.807, 2.05) is 25.5 Å². The molecule has 0 saturated carbocycles. The predicted molar refractivity (Wildman–Crippen MR) is 163 cm³/mol. The molecule has 1 N–H and O–H groups in total. The van der Waals surface area contributed by atoms with Crippen molar-refractivity contribution in [2.45, 2.75) is 70.8 Å². The molecule has 8 nitrogen and oxygen atoms in total. The van der Waals surface area contributed by atoms with Crippen LogP contribution in [-0.4, -0.2) is 56.3 Å². The van der Waals surface area contributed by atoms with Gasteiger partial charge < -0.3 is 19.2 Å². The van der Waals surface area contributed by atoms with Gasteiger partial charge in [0.1, 0.15) is 11.8 Å². The first-order chi connectivity index (χ1) is 18.7. The Hall–Kier alpha value is -2.88. The first-order valence-electron chi connectivity index (χ1n) is 13.4. The van der Waals surface area contributed by atoms with E-state index in [0.717, 1.165) is 11.1 Å². The highest BCUT2D eigenvalue weighted by atomic mass is 35.5. The number of nitrogens with zero attached hydrogens (tertiary/aromatic N) is 2. The van der Waals surface area contributed by atoms with Crippen LogP contribution < -0.4 is 10.1 Å². The second-order valence-corrected chi connectivity index (χ2v) is 16.6. The first-order valence-corrected chi connectivity index (χ1v) is 16.7. The van der Waals surface area contributed by atoms with E-state index in [0.29, 0.717) is 17.2 Å². The lowest BCUT2D eigenvalue weighted by Crippen LogP contribution is -2.45. The number of hydrogen-bond acceptors (Lipinski definition) is 6. The first kappa shape index (κ1) is 33.3. The Kier molecular flexibility index (Phi) is 12.2. The summed E-state index contributed by atoms with van der Waals surface area (Å²) in [6, 6.07) is 4.36. The minimum atomic E-state index is -2.08. The smallest absolute Gasteiger partial charge is 0.328 e. The molecule has 0 fully saturated rings. The number of halogens is 1. The predicted octanol–water partition coefficient (Wildman–Crippen LogP) is 5.97. The van der Waals surface area contributed by atoms with E-state index < -0.39 is 20.3 Å². The van der Waals surface area contributed by atoms with Crippen LogP contribution in [0.4, 0.5) is 0 Å². The number of benzene rings is 1. The van der Waals surface area contributed by atoms with Crippen molar-refractivity contribution in [3.63, 3.8) is 0 Å². The number of methoxy groups -OCH3 is 2. The summed E-state index contributed by atoms with van der Waals surface area (Å²) < 4.78 is 18.6. The van der Waals surface area contributed by atoms with Crippen molar-refractivity contribution in [2.75, 3.05) is 14.2 Å². The van der Waals surface area contributed by atoms with Crippen molar-refractivity contribution in [1.82, 2.24) is 15.1 Å². The lowest BCUT2D eigenvalue weighted by molar-refractivity contribution is -0.144. The van der Waals surface area contributed by atoms with Crippen molar-refractivity contribution in [3.8, 4) is 5.75 Å². The minimum Gasteiger partial charge on any atom is -0.495 e. The van der Waals surface area contributed by atoms with Crippen molar-refractivity contribution in [2.24, 2.45) is 13.0 Å². The summed E-state index contributed by atoms with van der Waals surface area (Å²) in [7, 11) is 2.63. The molecule has 10 heteroatoms. The zero-order valence-corrected chi connectivity index (χ0v) is 26.9. The van der Waals surface area contributed by atoms with E-state index in [4.69, 9.17) is 25.5 Å². The van der Waals surface area contributed by atoms with Gasteiger partial charge in [-0.1, -0.05) is 63.6 Å². The van der Waals surface area contributed by atoms with E-state index in [9.17, 15) is 9.59 Å². The van der Waals surface area contributed by atoms with Gasteiger partial charge >= 0.3 is 5.97 Å². The molecule has 0 aliphatic heterocycles. The molecule has 2 rings (SSSR count). The largest absolute Gasteiger partial charge is 0.495 e. The Morgan fingerprint density at radius 1 is 1.23 bits per heavy atom. The number of carbonyl (C=O) groups excluding carboxylic acids is 2. The van der Waals surface area contributed by atoms with Gasteiger partial charge in [0.15, 0.2) is 8.32 Å². The number of rotatable bonds is 13. The SMILES string of the molecule is COC(=O)[C@@H](Cc1ccc(OC)c(Cl)c1)NC(=O)/C=C/C[C@H](O[Si](C)(C)C(C)(C)C)[C@H](C)/C=C/c1cnn(C)c1. The summed E-state index contributed by atoms with van der Waals surface area (Å²) in [6.45, 7) is 13.2. The normalized spacial score (nSPS) is 14.8. The Morgan fingerprint density at radius 2 is 1.93 bits per heavy atom. The molecule has 0 spiro atoms. The molecule has 0 aliphatic rings. The Bertz CT molecular complexity index is 1200. The summed E-state index contributed by atoms with van der Waals surface area (Å²) in [5, 5.41) is 7.44. The highest BCUT2D eigenvalue weighted by molar-refractivity contribution is 6.74. The van der Waals surface area contributed by atoms with E-state index in [2.05, 4.69) is 57.3 Å². The summed E-state index contributed by atoms with van der Waals surface area (Å²) in [5.74, 6) is -0.308. The van der Waals surface area contributed by atoms with Gasteiger partial charge in [-0.15, -0.1) is 0 Å². The van der Waals surface area contributed by atoms with E-state index in [1.165, 1.54) is 20.3 Å². The van der Waals surface area contributed by atoms with Gasteiger partial charge in [0.05, 0.1) is 31.5 Å². The number of aryl methyl sites for hydroxylation is 1. The molecule has 1 amide bonds. The van der Waals surface area contributed by atoms with Crippen LogP contribution in [0.2, 0.25) is 23.2 Å². The van der Waals surface area contributed by atoms with Crippen molar-refractivity contribution >= 4 is 37.9 Å². The molecule has 1 heterocycles. The third-order valence-electron chi connectivity index (χ3n) is 7.25. The molecular formula is C30H44ClN3O5Si. The van der Waals surface area contributed by atoms with Gasteiger partial charge in [-0.3, -0.25) is 9.48 Å². The molecule has 40 heavy (non-hydrogen) atoms. The fourth-order valence-corrected chi connectivity index (χ4v) is 5.48. The number of ether oxygens (including phenoxy) is 2. The third-order valence-corrected chi connectivity index (χ3v) is 12.1. The second kappa shape index (κ2) is 14.7. The van der Waals surface area contributed by atoms with Gasteiger partial charge in [0.25, 0.3) is 0 Å². The standard InChI is InChI=1S/C30H44ClN3O5Si/c1-21(13-14-23-19-32-34(5)20-23)26(39-40(8,9)30(2,3)4)11-10-12-28(35)33-25(29(36)38-7)18-22-15-16-27(37-6)24(31)17-22/h10,12-17,19-21,25-26H,11,18H2,1-9H3,(H,33,35)/b12-10+,14-13+/t21-,25-,26+/m1/s1. The number of carbonyl (C=O) groups is 2. The summed E-state index contributed by atoms with van der Waals surface area (Å²) in [4.78, 5) is 25.3. The molecule has 0 saturated heterocycles. The molecule has 220 valence electrons. The van der Waals surface area contributed by atoms with Crippen LogP contribution in [0.25, 0.3) is 6.08 Å². The van der Waals surface area contributed by atoms with Gasteiger partial charge in [-0.25, -0.2) is 4.79 Å². The van der Waals surface area contributed by atoms with Crippen LogP contribution >= 0.6 is 11.6 Å². The maximum Gasteiger partial charge on any atom is 0.328 e. The van der Waals surface area contributed by atoms with Crippen molar-refractivity contribution in [1.29, 1.82) is 0 Å².